The molecule has 2 aromatic heterocycles. The van der Waals surface area contributed by atoms with Crippen LogP contribution in [-0.2, 0) is 6.18 Å². The zero-order valence-electron chi connectivity index (χ0n) is 14.1. The molecule has 0 aliphatic carbocycles. The fraction of sp³-hybridized carbons (Fsp3) is 0.562. The molecule has 2 aromatic rings. The molecule has 0 radical (unpaired) electrons. The van der Waals surface area contributed by atoms with E-state index in [9.17, 15) is 18.3 Å². The van der Waals surface area contributed by atoms with E-state index in [0.717, 1.165) is 0 Å². The van der Waals surface area contributed by atoms with E-state index in [4.69, 9.17) is 0 Å². The summed E-state index contributed by atoms with van der Waals surface area (Å²) in [6.07, 6.45) is -5.36. The Bertz CT molecular complexity index is 733. The molecular weight excluding hydrogens is 355 g/mol. The number of rotatable bonds is 3. The molecule has 5 nitrogen and oxygen atoms in total. The predicted molar refractivity (Wildman–Crippen MR) is 88.1 cm³/mol. The van der Waals surface area contributed by atoms with E-state index in [1.54, 1.807) is 12.1 Å². The smallest absolute Gasteiger partial charge is 0.373 e. The minimum atomic E-state index is -4.57. The van der Waals surface area contributed by atoms with E-state index in [1.165, 1.54) is 18.3 Å². The lowest BCUT2D eigenvalue weighted by Gasteiger charge is -2.38. The number of thiophene rings is 1. The number of nitrogens with one attached hydrogen (secondary N) is 1. The summed E-state index contributed by atoms with van der Waals surface area (Å²) in [5.74, 6) is -1.08. The molecule has 9 heteroatoms. The molecular formula is C16H20F3N3O2S. The number of hydrogen-bond donors (Lipinski definition) is 2. The molecule has 0 amide bonds. The maximum Gasteiger partial charge on any atom is 0.452 e. The van der Waals surface area contributed by atoms with Crippen molar-refractivity contribution in [1.29, 1.82) is 0 Å². The molecule has 1 aliphatic rings. The molecule has 3 atom stereocenters. The largest absolute Gasteiger partial charge is 0.452 e. The number of aromatic nitrogens is 1. The maximum absolute atomic E-state index is 12.8. The van der Waals surface area contributed by atoms with Crippen molar-refractivity contribution >= 4 is 11.3 Å². The molecule has 1 unspecified atom stereocenters. The topological polar surface area (TPSA) is 61.5 Å². The van der Waals surface area contributed by atoms with Gasteiger partial charge in [0, 0.05) is 35.6 Å². The Morgan fingerprint density at radius 1 is 1.32 bits per heavy atom. The molecule has 25 heavy (non-hydrogen) atoms. The lowest BCUT2D eigenvalue weighted by Crippen LogP contribution is -2.54. The minimum Gasteiger partial charge on any atom is -0.373 e. The molecule has 1 aliphatic heterocycles. The van der Waals surface area contributed by atoms with Crippen molar-refractivity contribution in [2.75, 3.05) is 13.1 Å². The predicted octanol–water partition coefficient (Wildman–Crippen LogP) is 3.40. The highest BCUT2D eigenvalue weighted by Gasteiger charge is 2.39. The van der Waals surface area contributed by atoms with Crippen LogP contribution in [0.3, 0.4) is 0 Å². The molecule has 1 saturated heterocycles. The van der Waals surface area contributed by atoms with Crippen LogP contribution in [0.2, 0.25) is 0 Å². The average Bonchev–Trinajstić information content (AvgIpc) is 3.11. The van der Waals surface area contributed by atoms with Gasteiger partial charge in [-0.3, -0.25) is 4.90 Å². The molecule has 3 heterocycles. The number of alkyl halides is 3. The second-order valence-electron chi connectivity index (χ2n) is 6.48. The van der Waals surface area contributed by atoms with Crippen LogP contribution in [0.5, 0.6) is 0 Å². The van der Waals surface area contributed by atoms with Gasteiger partial charge >= 0.3 is 6.18 Å². The third kappa shape index (κ3) is 3.74. The van der Waals surface area contributed by atoms with Crippen LogP contribution in [0.1, 0.15) is 36.3 Å². The molecule has 2 N–H and O–H groups in total. The highest BCUT2D eigenvalue weighted by atomic mass is 32.1. The Hall–Kier alpha value is -1.42. The van der Waals surface area contributed by atoms with Crippen molar-refractivity contribution in [3.8, 4) is 10.6 Å². The number of aliphatic hydroxyl groups excluding tert-OH is 1. The SMILES string of the molecule is Cc1c(-c2ccc(C(O)N3C[C@@H](C)N[C@@H](C)C3)s2)noc1C(F)(F)F. The Morgan fingerprint density at radius 2 is 1.96 bits per heavy atom. The highest BCUT2D eigenvalue weighted by molar-refractivity contribution is 7.15. The lowest BCUT2D eigenvalue weighted by molar-refractivity contribution is -0.156. The highest BCUT2D eigenvalue weighted by Crippen LogP contribution is 2.39. The van der Waals surface area contributed by atoms with Gasteiger partial charge in [0.25, 0.3) is 0 Å². The van der Waals surface area contributed by atoms with Crippen LogP contribution in [0.4, 0.5) is 13.2 Å². The van der Waals surface area contributed by atoms with Gasteiger partial charge in [-0.15, -0.1) is 11.3 Å². The number of hydrogen-bond acceptors (Lipinski definition) is 6. The monoisotopic (exact) mass is 375 g/mol. The van der Waals surface area contributed by atoms with Crippen LogP contribution < -0.4 is 5.32 Å². The zero-order valence-corrected chi connectivity index (χ0v) is 14.9. The Balaban J connectivity index is 1.82. The second-order valence-corrected chi connectivity index (χ2v) is 7.60. The molecule has 0 spiro atoms. The summed E-state index contributed by atoms with van der Waals surface area (Å²) in [5.41, 5.74) is 0.123. The summed E-state index contributed by atoms with van der Waals surface area (Å²) < 4.78 is 43.0. The summed E-state index contributed by atoms with van der Waals surface area (Å²) in [7, 11) is 0. The van der Waals surface area contributed by atoms with Crippen LogP contribution in [-0.4, -0.2) is 40.3 Å². The van der Waals surface area contributed by atoms with Crippen LogP contribution in [0.15, 0.2) is 16.7 Å². The van der Waals surface area contributed by atoms with E-state index >= 15 is 0 Å². The first-order chi connectivity index (χ1) is 11.7. The lowest BCUT2D eigenvalue weighted by atomic mass is 10.1. The Morgan fingerprint density at radius 3 is 2.52 bits per heavy atom. The molecule has 138 valence electrons. The van der Waals surface area contributed by atoms with Gasteiger partial charge in [0.05, 0.1) is 4.88 Å². The Labute approximate surface area is 147 Å². The van der Waals surface area contributed by atoms with E-state index in [1.807, 2.05) is 18.7 Å². The van der Waals surface area contributed by atoms with Gasteiger partial charge in [-0.1, -0.05) is 5.16 Å². The quantitative estimate of drug-likeness (QED) is 0.861. The minimum absolute atomic E-state index is 0.0418. The van der Waals surface area contributed by atoms with E-state index in [-0.39, 0.29) is 23.3 Å². The van der Waals surface area contributed by atoms with Crippen molar-refractivity contribution in [3.63, 3.8) is 0 Å². The normalized spacial score (nSPS) is 23.8. The summed E-state index contributed by atoms with van der Waals surface area (Å²) >= 11 is 1.23. The van der Waals surface area contributed by atoms with Gasteiger partial charge in [-0.05, 0) is 32.9 Å². The van der Waals surface area contributed by atoms with Crippen LogP contribution >= 0.6 is 11.3 Å². The standard InChI is InChI=1S/C16H20F3N3O2S/c1-8-6-22(7-9(2)20-8)15(23)12-5-4-11(25-12)13-10(3)14(24-21-13)16(17,18)19/h4-5,8-9,15,20,23H,6-7H2,1-3H3/t8-,9+,15?. The number of piperazine rings is 1. The summed E-state index contributed by atoms with van der Waals surface area (Å²) in [5, 5.41) is 17.6. The van der Waals surface area contributed by atoms with Crippen molar-refractivity contribution in [2.24, 2.45) is 0 Å². The molecule has 0 saturated carbocycles. The maximum atomic E-state index is 12.8. The first-order valence-electron chi connectivity index (χ1n) is 7.98. The van der Waals surface area contributed by atoms with Gasteiger partial charge in [0.1, 0.15) is 11.9 Å². The van der Waals surface area contributed by atoms with Crippen LogP contribution in [0, 0.1) is 6.92 Å². The van der Waals surface area contributed by atoms with Crippen molar-refractivity contribution < 1.29 is 22.8 Å². The van der Waals surface area contributed by atoms with Crippen molar-refractivity contribution in [1.82, 2.24) is 15.4 Å². The van der Waals surface area contributed by atoms with Crippen molar-refractivity contribution in [3.05, 3.63) is 28.3 Å². The summed E-state index contributed by atoms with van der Waals surface area (Å²) in [6.45, 7) is 6.82. The molecule has 0 aromatic carbocycles. The first-order valence-corrected chi connectivity index (χ1v) is 8.80. The number of aliphatic hydroxyl groups is 1. The van der Waals surface area contributed by atoms with Crippen molar-refractivity contribution in [2.45, 2.75) is 45.3 Å². The zero-order chi connectivity index (χ0) is 18.4. The van der Waals surface area contributed by atoms with Crippen LogP contribution in [0.25, 0.3) is 10.6 Å². The van der Waals surface area contributed by atoms with E-state index in [2.05, 4.69) is 15.0 Å². The number of halogens is 3. The third-order valence-corrected chi connectivity index (χ3v) is 5.36. The second kappa shape index (κ2) is 6.71. The first kappa shape index (κ1) is 18.4. The van der Waals surface area contributed by atoms with Gasteiger partial charge in [-0.25, -0.2) is 0 Å². The van der Waals surface area contributed by atoms with Gasteiger partial charge in [0.2, 0.25) is 5.76 Å². The summed E-state index contributed by atoms with van der Waals surface area (Å²) in [6, 6.07) is 3.90. The average molecular weight is 375 g/mol. The third-order valence-electron chi connectivity index (χ3n) is 4.23. The Kier molecular flexibility index (Phi) is 4.93. The van der Waals surface area contributed by atoms with Gasteiger partial charge < -0.3 is 14.9 Å². The summed E-state index contributed by atoms with van der Waals surface area (Å²) in [4.78, 5) is 3.17. The fourth-order valence-electron chi connectivity index (χ4n) is 3.20. The molecule has 3 rings (SSSR count). The molecule has 1 fully saturated rings. The van der Waals surface area contributed by atoms with Gasteiger partial charge in [-0.2, -0.15) is 13.2 Å². The van der Waals surface area contributed by atoms with Gasteiger partial charge in [0.15, 0.2) is 0 Å². The van der Waals surface area contributed by atoms with E-state index in [0.29, 0.717) is 22.8 Å². The van der Waals surface area contributed by atoms with E-state index < -0.39 is 18.2 Å². The number of nitrogens with zero attached hydrogens (tertiary/aromatic N) is 2. The molecule has 0 bridgehead atoms. The fourth-order valence-corrected chi connectivity index (χ4v) is 4.27.